The Morgan fingerprint density at radius 1 is 0.789 bits per heavy atom. The molecule has 1 atom stereocenters. The third kappa shape index (κ3) is 13.7. The van der Waals surface area contributed by atoms with E-state index in [1.165, 1.54) is 70.6 Å². The monoisotopic (exact) mass is 269 g/mol. The second-order valence-electron chi connectivity index (χ2n) is 5.92. The first kappa shape index (κ1) is 18.5. The summed E-state index contributed by atoms with van der Waals surface area (Å²) in [6.07, 6.45) is 16.2. The molecule has 0 aliphatic heterocycles. The Balaban J connectivity index is 3.72. The van der Waals surface area contributed by atoms with Crippen molar-refractivity contribution in [3.63, 3.8) is 0 Å². The van der Waals surface area contributed by atoms with Crippen molar-refractivity contribution in [3.8, 4) is 0 Å². The summed E-state index contributed by atoms with van der Waals surface area (Å²) >= 11 is 0. The first-order valence-corrected chi connectivity index (χ1v) is 8.49. The third-order valence-electron chi connectivity index (χ3n) is 3.98. The zero-order valence-corrected chi connectivity index (χ0v) is 13.3. The van der Waals surface area contributed by atoms with Gasteiger partial charge in [-0.15, -0.1) is 0 Å². The van der Waals surface area contributed by atoms with E-state index in [-0.39, 0.29) is 5.91 Å². The molecule has 19 heavy (non-hydrogen) atoms. The highest BCUT2D eigenvalue weighted by Crippen LogP contribution is 2.22. The Bertz CT molecular complexity index is 203. The quantitative estimate of drug-likeness (QED) is 0.433. The first-order valence-electron chi connectivity index (χ1n) is 8.49. The van der Waals surface area contributed by atoms with E-state index in [1.54, 1.807) is 0 Å². The van der Waals surface area contributed by atoms with Gasteiger partial charge in [0.05, 0.1) is 0 Å². The molecule has 2 N–H and O–H groups in total. The fourth-order valence-corrected chi connectivity index (χ4v) is 2.68. The van der Waals surface area contributed by atoms with Gasteiger partial charge in [0, 0.05) is 6.42 Å². The lowest BCUT2D eigenvalue weighted by Crippen LogP contribution is -2.13. The summed E-state index contributed by atoms with van der Waals surface area (Å²) in [6, 6.07) is 0. The van der Waals surface area contributed by atoms with Gasteiger partial charge in [0.15, 0.2) is 0 Å². The summed E-state index contributed by atoms with van der Waals surface area (Å²) in [6.45, 7) is 4.50. The zero-order valence-electron chi connectivity index (χ0n) is 13.3. The molecule has 0 rings (SSSR count). The van der Waals surface area contributed by atoms with Crippen molar-refractivity contribution >= 4 is 5.91 Å². The van der Waals surface area contributed by atoms with E-state index in [1.807, 2.05) is 0 Å². The van der Waals surface area contributed by atoms with Crippen molar-refractivity contribution in [3.05, 3.63) is 0 Å². The average molecular weight is 269 g/mol. The van der Waals surface area contributed by atoms with Gasteiger partial charge in [0.25, 0.3) is 0 Å². The summed E-state index contributed by atoms with van der Waals surface area (Å²) < 4.78 is 0. The van der Waals surface area contributed by atoms with Crippen molar-refractivity contribution in [1.82, 2.24) is 0 Å². The molecule has 0 bridgehead atoms. The molecule has 0 aliphatic rings. The summed E-state index contributed by atoms with van der Waals surface area (Å²) in [4.78, 5) is 10.9. The number of nitrogens with two attached hydrogens (primary N) is 1. The molecule has 2 heteroatoms. The average Bonchev–Trinajstić information content (AvgIpc) is 2.39. The number of rotatable bonds is 14. The second kappa shape index (κ2) is 13.9. The van der Waals surface area contributed by atoms with Crippen LogP contribution >= 0.6 is 0 Å². The highest BCUT2D eigenvalue weighted by molar-refractivity contribution is 5.73. The molecule has 0 spiro atoms. The summed E-state index contributed by atoms with van der Waals surface area (Å²) in [5.41, 5.74) is 5.27. The van der Waals surface area contributed by atoms with Crippen LogP contribution in [0.15, 0.2) is 0 Å². The Labute approximate surface area is 120 Å². The lowest BCUT2D eigenvalue weighted by Gasteiger charge is -2.16. The van der Waals surface area contributed by atoms with Crippen LogP contribution in [0.5, 0.6) is 0 Å². The molecule has 0 aromatic heterocycles. The predicted molar refractivity (Wildman–Crippen MR) is 84.1 cm³/mol. The largest absolute Gasteiger partial charge is 0.370 e. The Hall–Kier alpha value is -0.530. The Morgan fingerprint density at radius 3 is 1.74 bits per heavy atom. The molecular formula is C17H35NO. The number of carbonyl (C=O) groups excluding carboxylic acids is 1. The molecule has 1 amide bonds. The molecule has 0 saturated heterocycles. The van der Waals surface area contributed by atoms with Crippen LogP contribution in [0.1, 0.15) is 97.3 Å². The van der Waals surface area contributed by atoms with Crippen molar-refractivity contribution in [2.75, 3.05) is 0 Å². The lowest BCUT2D eigenvalue weighted by atomic mass is 9.90. The van der Waals surface area contributed by atoms with E-state index in [9.17, 15) is 4.79 Å². The molecule has 114 valence electrons. The van der Waals surface area contributed by atoms with E-state index >= 15 is 0 Å². The first-order chi connectivity index (χ1) is 9.20. The molecule has 0 aliphatic carbocycles. The van der Waals surface area contributed by atoms with Gasteiger partial charge in [-0.1, -0.05) is 84.5 Å². The Morgan fingerprint density at radius 2 is 1.26 bits per heavy atom. The second-order valence-corrected chi connectivity index (χ2v) is 5.92. The molecule has 0 fully saturated rings. The number of carbonyl (C=O) groups is 1. The van der Waals surface area contributed by atoms with Crippen LogP contribution in [0.3, 0.4) is 0 Å². The molecular weight excluding hydrogens is 234 g/mol. The third-order valence-corrected chi connectivity index (χ3v) is 3.98. The van der Waals surface area contributed by atoms with Gasteiger partial charge in [-0.2, -0.15) is 0 Å². The normalized spacial score (nSPS) is 12.5. The number of unbranched alkanes of at least 4 members (excludes halogenated alkanes) is 7. The van der Waals surface area contributed by atoms with Crippen LogP contribution < -0.4 is 5.73 Å². The van der Waals surface area contributed by atoms with Crippen LogP contribution in [0.25, 0.3) is 0 Å². The molecule has 1 unspecified atom stereocenters. The lowest BCUT2D eigenvalue weighted by molar-refractivity contribution is -0.118. The molecule has 2 nitrogen and oxygen atoms in total. The Kier molecular flexibility index (Phi) is 13.5. The van der Waals surface area contributed by atoms with Crippen LogP contribution in [0.2, 0.25) is 0 Å². The van der Waals surface area contributed by atoms with Crippen molar-refractivity contribution in [2.45, 2.75) is 97.3 Å². The fraction of sp³-hybridized carbons (Fsp3) is 0.941. The van der Waals surface area contributed by atoms with E-state index in [0.717, 1.165) is 12.3 Å². The molecule has 0 heterocycles. The number of amides is 1. The van der Waals surface area contributed by atoms with Crippen LogP contribution in [0, 0.1) is 5.92 Å². The maximum atomic E-state index is 10.9. The van der Waals surface area contributed by atoms with Gasteiger partial charge in [-0.25, -0.2) is 0 Å². The summed E-state index contributed by atoms with van der Waals surface area (Å²) in [7, 11) is 0. The summed E-state index contributed by atoms with van der Waals surface area (Å²) in [5.74, 6) is 0.593. The minimum Gasteiger partial charge on any atom is -0.370 e. The molecule has 0 saturated carbocycles. The zero-order chi connectivity index (χ0) is 14.3. The van der Waals surface area contributed by atoms with Gasteiger partial charge >= 0.3 is 0 Å². The van der Waals surface area contributed by atoms with Crippen molar-refractivity contribution in [2.24, 2.45) is 11.7 Å². The molecule has 0 radical (unpaired) electrons. The van der Waals surface area contributed by atoms with Gasteiger partial charge in [-0.05, 0) is 12.3 Å². The van der Waals surface area contributed by atoms with E-state index in [2.05, 4.69) is 13.8 Å². The van der Waals surface area contributed by atoms with E-state index in [0.29, 0.717) is 6.42 Å². The number of hydrogen-bond donors (Lipinski definition) is 1. The van der Waals surface area contributed by atoms with Gasteiger partial charge in [-0.3, -0.25) is 4.79 Å². The molecule has 0 aromatic rings. The van der Waals surface area contributed by atoms with Gasteiger partial charge in [0.2, 0.25) is 5.91 Å². The smallest absolute Gasteiger partial charge is 0.217 e. The predicted octanol–water partition coefficient (Wildman–Crippen LogP) is 5.20. The van der Waals surface area contributed by atoms with Crippen LogP contribution in [-0.4, -0.2) is 5.91 Å². The van der Waals surface area contributed by atoms with Crippen molar-refractivity contribution < 1.29 is 4.79 Å². The van der Waals surface area contributed by atoms with Gasteiger partial charge < -0.3 is 5.73 Å². The van der Waals surface area contributed by atoms with E-state index < -0.39 is 0 Å². The standard InChI is InChI=1S/C17H35NO/c1-3-5-7-9-11-13-16(14-15-17(18)19)12-10-8-6-4-2/h16H,3-15H2,1-2H3,(H2,18,19). The minimum absolute atomic E-state index is 0.135. The molecule has 0 aromatic carbocycles. The van der Waals surface area contributed by atoms with Crippen LogP contribution in [-0.2, 0) is 4.79 Å². The number of primary amides is 1. The topological polar surface area (TPSA) is 43.1 Å². The van der Waals surface area contributed by atoms with Crippen LogP contribution in [0.4, 0.5) is 0 Å². The number of hydrogen-bond acceptors (Lipinski definition) is 1. The van der Waals surface area contributed by atoms with Crippen molar-refractivity contribution in [1.29, 1.82) is 0 Å². The van der Waals surface area contributed by atoms with E-state index in [4.69, 9.17) is 5.73 Å². The highest BCUT2D eigenvalue weighted by Gasteiger charge is 2.10. The summed E-state index contributed by atoms with van der Waals surface area (Å²) in [5, 5.41) is 0. The maximum absolute atomic E-state index is 10.9. The maximum Gasteiger partial charge on any atom is 0.217 e. The SMILES string of the molecule is CCCCCCCC(CCCCCC)CCC(N)=O. The fourth-order valence-electron chi connectivity index (χ4n) is 2.68. The van der Waals surface area contributed by atoms with Gasteiger partial charge in [0.1, 0.15) is 0 Å². The highest BCUT2D eigenvalue weighted by atomic mass is 16.1. The minimum atomic E-state index is -0.135.